The van der Waals surface area contributed by atoms with Gasteiger partial charge in [0, 0.05) is 11.4 Å². The normalized spacial score (nSPS) is 10.7. The molecule has 0 bridgehead atoms. The van der Waals surface area contributed by atoms with Gasteiger partial charge in [-0.2, -0.15) is 0 Å². The van der Waals surface area contributed by atoms with E-state index in [2.05, 4.69) is 10.2 Å². The molecule has 3 aromatic carbocycles. The summed E-state index contributed by atoms with van der Waals surface area (Å²) in [6, 6.07) is 23.8. The maximum absolute atomic E-state index is 13.5. The molecule has 0 aliphatic rings. The first-order valence-corrected chi connectivity index (χ1v) is 10.4. The van der Waals surface area contributed by atoms with Crippen molar-refractivity contribution in [3.8, 4) is 17.2 Å². The van der Waals surface area contributed by atoms with Crippen molar-refractivity contribution >= 4 is 11.8 Å². The van der Waals surface area contributed by atoms with E-state index in [9.17, 15) is 4.39 Å². The van der Waals surface area contributed by atoms with E-state index >= 15 is 0 Å². The zero-order chi connectivity index (χ0) is 20.8. The van der Waals surface area contributed by atoms with Crippen LogP contribution >= 0.6 is 11.8 Å². The minimum absolute atomic E-state index is 0.244. The molecule has 30 heavy (non-hydrogen) atoms. The van der Waals surface area contributed by atoms with Crippen molar-refractivity contribution in [2.45, 2.75) is 17.5 Å². The number of hydrogen-bond donors (Lipinski definition) is 0. The summed E-state index contributed by atoms with van der Waals surface area (Å²) in [4.78, 5) is 0. The summed E-state index contributed by atoms with van der Waals surface area (Å²) in [5.74, 6) is 2.50. The van der Waals surface area contributed by atoms with Crippen LogP contribution in [0.4, 0.5) is 4.39 Å². The van der Waals surface area contributed by atoms with E-state index in [4.69, 9.17) is 9.47 Å². The molecular formula is C23H20FN3O2S. The van der Waals surface area contributed by atoms with Crippen LogP contribution in [0.25, 0.3) is 5.69 Å². The third kappa shape index (κ3) is 4.80. The first-order valence-electron chi connectivity index (χ1n) is 9.37. The van der Waals surface area contributed by atoms with Crippen molar-refractivity contribution in [1.82, 2.24) is 14.8 Å². The summed E-state index contributed by atoms with van der Waals surface area (Å²) in [6.07, 6.45) is 0. The Kier molecular flexibility index (Phi) is 6.29. The first-order chi connectivity index (χ1) is 14.7. The highest BCUT2D eigenvalue weighted by atomic mass is 32.2. The van der Waals surface area contributed by atoms with Crippen molar-refractivity contribution in [3.63, 3.8) is 0 Å². The third-order valence-electron chi connectivity index (χ3n) is 4.40. The monoisotopic (exact) mass is 421 g/mol. The Labute approximate surface area is 178 Å². The van der Waals surface area contributed by atoms with Gasteiger partial charge in [0.25, 0.3) is 0 Å². The molecule has 0 unspecified atom stereocenters. The molecule has 0 amide bonds. The Morgan fingerprint density at radius 2 is 1.67 bits per heavy atom. The van der Waals surface area contributed by atoms with Crippen LogP contribution in [-0.2, 0) is 12.4 Å². The topological polar surface area (TPSA) is 49.2 Å². The van der Waals surface area contributed by atoms with Crippen LogP contribution in [0.15, 0.2) is 84.0 Å². The lowest BCUT2D eigenvalue weighted by Gasteiger charge is -2.11. The molecule has 1 heterocycles. The van der Waals surface area contributed by atoms with Crippen molar-refractivity contribution in [3.05, 3.63) is 96.1 Å². The highest BCUT2D eigenvalue weighted by molar-refractivity contribution is 7.98. The number of thioether (sulfide) groups is 1. The molecule has 0 aliphatic carbocycles. The summed E-state index contributed by atoms with van der Waals surface area (Å²) in [6.45, 7) is 0.259. The predicted octanol–water partition coefficient (Wildman–Crippen LogP) is 5.29. The van der Waals surface area contributed by atoms with Crippen LogP contribution in [0.3, 0.4) is 0 Å². The number of nitrogens with zero attached hydrogens (tertiary/aromatic N) is 3. The summed E-state index contributed by atoms with van der Waals surface area (Å²) in [7, 11) is 1.63. The van der Waals surface area contributed by atoms with Gasteiger partial charge in [0.2, 0.25) is 0 Å². The average molecular weight is 421 g/mol. The van der Waals surface area contributed by atoms with Gasteiger partial charge in [0.1, 0.15) is 23.9 Å². The van der Waals surface area contributed by atoms with Gasteiger partial charge in [-0.05, 0) is 54.1 Å². The van der Waals surface area contributed by atoms with Gasteiger partial charge in [-0.15, -0.1) is 10.2 Å². The zero-order valence-corrected chi connectivity index (χ0v) is 17.2. The fourth-order valence-electron chi connectivity index (χ4n) is 2.92. The van der Waals surface area contributed by atoms with E-state index in [1.54, 1.807) is 13.2 Å². The lowest BCUT2D eigenvalue weighted by atomic mass is 10.2. The van der Waals surface area contributed by atoms with Crippen molar-refractivity contribution in [2.75, 3.05) is 7.11 Å². The fourth-order valence-corrected chi connectivity index (χ4v) is 3.83. The molecular weight excluding hydrogens is 401 g/mol. The Morgan fingerprint density at radius 1 is 0.900 bits per heavy atom. The molecule has 152 valence electrons. The van der Waals surface area contributed by atoms with Crippen LogP contribution in [-0.4, -0.2) is 21.9 Å². The van der Waals surface area contributed by atoms with Crippen LogP contribution in [0.2, 0.25) is 0 Å². The standard InChI is InChI=1S/C23H20FN3O2S/c1-28-20-10-12-21(13-11-20)29-15-22-25-26-23(27(22)19-8-3-2-4-9-19)30-16-17-6-5-7-18(24)14-17/h2-14H,15-16H2,1H3. The maximum Gasteiger partial charge on any atom is 0.196 e. The second kappa shape index (κ2) is 9.45. The molecule has 0 radical (unpaired) electrons. The molecule has 4 rings (SSSR count). The summed E-state index contributed by atoms with van der Waals surface area (Å²) >= 11 is 1.50. The van der Waals surface area contributed by atoms with Gasteiger partial charge in [0.15, 0.2) is 11.0 Å². The minimum Gasteiger partial charge on any atom is -0.497 e. The molecule has 0 aliphatic heterocycles. The smallest absolute Gasteiger partial charge is 0.196 e. The molecule has 4 aromatic rings. The third-order valence-corrected chi connectivity index (χ3v) is 5.40. The lowest BCUT2D eigenvalue weighted by molar-refractivity contribution is 0.292. The second-order valence-corrected chi connectivity index (χ2v) is 7.40. The predicted molar refractivity (Wildman–Crippen MR) is 115 cm³/mol. The Bertz CT molecular complexity index is 1100. The molecule has 1 aromatic heterocycles. The van der Waals surface area contributed by atoms with Gasteiger partial charge in [-0.3, -0.25) is 4.57 Å². The molecule has 7 heteroatoms. The van der Waals surface area contributed by atoms with Crippen LogP contribution < -0.4 is 9.47 Å². The quantitative estimate of drug-likeness (QED) is 0.362. The van der Waals surface area contributed by atoms with Crippen molar-refractivity contribution in [1.29, 1.82) is 0 Å². The molecule has 0 spiro atoms. The number of para-hydroxylation sites is 1. The Morgan fingerprint density at radius 3 is 2.40 bits per heavy atom. The molecule has 0 saturated heterocycles. The van der Waals surface area contributed by atoms with Gasteiger partial charge < -0.3 is 9.47 Å². The first kappa shape index (κ1) is 20.0. The summed E-state index contributed by atoms with van der Waals surface area (Å²) < 4.78 is 26.5. The van der Waals surface area contributed by atoms with E-state index in [-0.39, 0.29) is 12.4 Å². The second-order valence-electron chi connectivity index (χ2n) is 6.45. The summed E-state index contributed by atoms with van der Waals surface area (Å²) in [5, 5.41) is 9.41. The van der Waals surface area contributed by atoms with Crippen LogP contribution in [0, 0.1) is 5.82 Å². The van der Waals surface area contributed by atoms with E-state index in [0.717, 1.165) is 22.2 Å². The van der Waals surface area contributed by atoms with Crippen LogP contribution in [0.5, 0.6) is 11.5 Å². The summed E-state index contributed by atoms with van der Waals surface area (Å²) in [5.41, 5.74) is 1.83. The molecule has 0 N–H and O–H groups in total. The fraction of sp³-hybridized carbons (Fsp3) is 0.130. The maximum atomic E-state index is 13.5. The number of benzene rings is 3. The van der Waals surface area contributed by atoms with Crippen LogP contribution in [0.1, 0.15) is 11.4 Å². The molecule has 5 nitrogen and oxygen atoms in total. The van der Waals surface area contributed by atoms with Crippen molar-refractivity contribution in [2.24, 2.45) is 0 Å². The van der Waals surface area contributed by atoms with E-state index in [1.807, 2.05) is 65.2 Å². The van der Waals surface area contributed by atoms with Crippen molar-refractivity contribution < 1.29 is 13.9 Å². The number of hydrogen-bond acceptors (Lipinski definition) is 5. The minimum atomic E-state index is -0.244. The lowest BCUT2D eigenvalue weighted by Crippen LogP contribution is -2.06. The highest BCUT2D eigenvalue weighted by Gasteiger charge is 2.15. The van der Waals surface area contributed by atoms with E-state index in [1.165, 1.54) is 23.9 Å². The number of methoxy groups -OCH3 is 1. The van der Waals surface area contributed by atoms with Gasteiger partial charge in [0.05, 0.1) is 7.11 Å². The Hall–Kier alpha value is -3.32. The number of ether oxygens (including phenoxy) is 2. The Balaban J connectivity index is 1.55. The van der Waals surface area contributed by atoms with E-state index in [0.29, 0.717) is 17.3 Å². The largest absolute Gasteiger partial charge is 0.497 e. The molecule has 0 saturated carbocycles. The number of halogens is 1. The van der Waals surface area contributed by atoms with Gasteiger partial charge in [-0.25, -0.2) is 4.39 Å². The molecule has 0 atom stereocenters. The van der Waals surface area contributed by atoms with E-state index < -0.39 is 0 Å². The highest BCUT2D eigenvalue weighted by Crippen LogP contribution is 2.26. The SMILES string of the molecule is COc1ccc(OCc2nnc(SCc3cccc(F)c3)n2-c2ccccc2)cc1. The van der Waals surface area contributed by atoms with Gasteiger partial charge in [-0.1, -0.05) is 42.1 Å². The zero-order valence-electron chi connectivity index (χ0n) is 16.4. The number of rotatable bonds is 8. The van der Waals surface area contributed by atoms with Gasteiger partial charge >= 0.3 is 0 Å². The number of aromatic nitrogens is 3. The average Bonchev–Trinajstić information content (AvgIpc) is 3.20. The molecule has 0 fully saturated rings.